The summed E-state index contributed by atoms with van der Waals surface area (Å²) in [6, 6.07) is 5.98. The van der Waals surface area contributed by atoms with Crippen LogP contribution in [0.5, 0.6) is 0 Å². The summed E-state index contributed by atoms with van der Waals surface area (Å²) in [6.07, 6.45) is 3.70. The molecule has 1 spiro atoms. The van der Waals surface area contributed by atoms with Gasteiger partial charge in [-0.3, -0.25) is 9.78 Å². The normalized spacial score (nSPS) is 24.9. The number of likely N-dealkylation sites (tertiary alicyclic amines) is 1. The smallest absolute Gasteiger partial charge is 0.227 e. The third kappa shape index (κ3) is 2.57. The molecule has 1 aromatic heterocycles. The molecule has 0 bridgehead atoms. The van der Waals surface area contributed by atoms with Crippen LogP contribution in [0.1, 0.15) is 38.3 Å². The van der Waals surface area contributed by atoms with Gasteiger partial charge in [-0.1, -0.05) is 19.9 Å². The van der Waals surface area contributed by atoms with Crippen LogP contribution >= 0.6 is 0 Å². The maximum atomic E-state index is 12.3. The molecule has 1 amide bonds. The molecule has 0 saturated carbocycles. The number of nitrogens with zero attached hydrogens (tertiary/aromatic N) is 2. The lowest BCUT2D eigenvalue weighted by atomic mass is 9.69. The molecule has 1 unspecified atom stereocenters. The van der Waals surface area contributed by atoms with Crippen LogP contribution in [0, 0.1) is 5.41 Å². The van der Waals surface area contributed by atoms with Gasteiger partial charge in [0.25, 0.3) is 0 Å². The van der Waals surface area contributed by atoms with Gasteiger partial charge in [0, 0.05) is 24.4 Å². The fraction of sp³-hybridized carbons (Fsp3) is 0.625. The number of carbonyl (C=O) groups is 1. The zero-order valence-corrected chi connectivity index (χ0v) is 12.7. The van der Waals surface area contributed by atoms with E-state index in [0.717, 1.165) is 38.2 Å². The van der Waals surface area contributed by atoms with Crippen molar-refractivity contribution in [3.8, 4) is 0 Å². The van der Waals surface area contributed by atoms with Gasteiger partial charge in [-0.25, -0.2) is 0 Å². The maximum absolute atomic E-state index is 12.3. The second-order valence-electron chi connectivity index (χ2n) is 5.48. The lowest BCUT2D eigenvalue weighted by molar-refractivity contribution is -0.130. The molecule has 2 saturated heterocycles. The lowest BCUT2D eigenvalue weighted by Crippen LogP contribution is -2.44. The van der Waals surface area contributed by atoms with Crippen molar-refractivity contribution >= 4 is 5.91 Å². The summed E-state index contributed by atoms with van der Waals surface area (Å²) < 4.78 is 0. The fourth-order valence-electron chi connectivity index (χ4n) is 3.29. The van der Waals surface area contributed by atoms with E-state index in [1.165, 1.54) is 0 Å². The first-order chi connectivity index (χ1) is 9.72. The van der Waals surface area contributed by atoms with Crippen LogP contribution in [0.2, 0.25) is 0 Å². The van der Waals surface area contributed by atoms with E-state index in [1.54, 1.807) is 0 Å². The molecule has 1 aromatic rings. The summed E-state index contributed by atoms with van der Waals surface area (Å²) in [5, 5.41) is 3.05. The molecule has 3 heterocycles. The van der Waals surface area contributed by atoms with E-state index >= 15 is 0 Å². The molecule has 2 fully saturated rings. The fourth-order valence-corrected chi connectivity index (χ4v) is 3.29. The largest absolute Gasteiger partial charge is 0.355 e. The van der Waals surface area contributed by atoms with Gasteiger partial charge in [0.15, 0.2) is 0 Å². The van der Waals surface area contributed by atoms with Crippen molar-refractivity contribution in [2.24, 2.45) is 5.41 Å². The summed E-state index contributed by atoms with van der Waals surface area (Å²) in [6.45, 7) is 6.73. The van der Waals surface area contributed by atoms with E-state index in [2.05, 4.69) is 22.2 Å². The Hall–Kier alpha value is -1.42. The first kappa shape index (κ1) is 15.0. The van der Waals surface area contributed by atoms with Crippen LogP contribution in [0.4, 0.5) is 0 Å². The Morgan fingerprint density at radius 3 is 2.60 bits per heavy atom. The van der Waals surface area contributed by atoms with Crippen molar-refractivity contribution < 1.29 is 4.79 Å². The SMILES string of the molecule is CC.CN1CCC2(CC1)C(=O)NCC2c1ccccn1. The Morgan fingerprint density at radius 2 is 2.00 bits per heavy atom. The number of rotatable bonds is 1. The van der Waals surface area contributed by atoms with Crippen molar-refractivity contribution in [3.63, 3.8) is 0 Å². The molecule has 3 rings (SSSR count). The number of piperidine rings is 1. The highest BCUT2D eigenvalue weighted by molar-refractivity contribution is 5.86. The Balaban J connectivity index is 0.000000704. The molecule has 4 nitrogen and oxygen atoms in total. The maximum Gasteiger partial charge on any atom is 0.227 e. The van der Waals surface area contributed by atoms with E-state index in [-0.39, 0.29) is 17.2 Å². The Bertz CT molecular complexity index is 438. The molecule has 1 atom stereocenters. The Labute approximate surface area is 121 Å². The number of carbonyl (C=O) groups excluding carboxylic acids is 1. The zero-order chi connectivity index (χ0) is 14.6. The molecule has 110 valence electrons. The number of pyridine rings is 1. The van der Waals surface area contributed by atoms with E-state index < -0.39 is 0 Å². The Kier molecular flexibility index (Phi) is 4.76. The molecule has 4 heteroatoms. The van der Waals surface area contributed by atoms with Gasteiger partial charge in [0.1, 0.15) is 0 Å². The summed E-state index contributed by atoms with van der Waals surface area (Å²) >= 11 is 0. The quantitative estimate of drug-likeness (QED) is 0.853. The first-order valence-electron chi connectivity index (χ1n) is 7.60. The van der Waals surface area contributed by atoms with Gasteiger partial charge in [-0.05, 0) is 45.1 Å². The van der Waals surface area contributed by atoms with Crippen molar-refractivity contribution in [2.45, 2.75) is 32.6 Å². The topological polar surface area (TPSA) is 45.2 Å². The van der Waals surface area contributed by atoms with E-state index in [9.17, 15) is 4.79 Å². The molecular weight excluding hydrogens is 250 g/mol. The van der Waals surface area contributed by atoms with E-state index in [1.807, 2.05) is 38.2 Å². The standard InChI is InChI=1S/C14H19N3O.C2H6/c1-17-8-5-14(6-9-17)11(10-16-13(14)18)12-4-2-3-7-15-12;1-2/h2-4,7,11H,5-6,8-10H2,1H3,(H,16,18);1-2H3. The van der Waals surface area contributed by atoms with Gasteiger partial charge in [0.05, 0.1) is 5.41 Å². The lowest BCUT2D eigenvalue weighted by Gasteiger charge is -2.39. The van der Waals surface area contributed by atoms with Crippen molar-refractivity contribution in [3.05, 3.63) is 30.1 Å². The van der Waals surface area contributed by atoms with Crippen molar-refractivity contribution in [2.75, 3.05) is 26.7 Å². The average molecular weight is 275 g/mol. The van der Waals surface area contributed by atoms with Crippen molar-refractivity contribution in [1.82, 2.24) is 15.2 Å². The minimum atomic E-state index is -0.221. The minimum absolute atomic E-state index is 0.221. The van der Waals surface area contributed by atoms with Crippen molar-refractivity contribution in [1.29, 1.82) is 0 Å². The monoisotopic (exact) mass is 275 g/mol. The summed E-state index contributed by atoms with van der Waals surface area (Å²) in [5.74, 6) is 0.464. The highest BCUT2D eigenvalue weighted by atomic mass is 16.2. The molecule has 0 aliphatic carbocycles. The van der Waals surface area contributed by atoms with Gasteiger partial charge < -0.3 is 10.2 Å². The Morgan fingerprint density at radius 1 is 1.30 bits per heavy atom. The van der Waals surface area contributed by atoms with Crippen LogP contribution in [-0.2, 0) is 4.79 Å². The van der Waals surface area contributed by atoms with Crippen LogP contribution in [-0.4, -0.2) is 42.5 Å². The average Bonchev–Trinajstić information content (AvgIpc) is 2.82. The number of nitrogens with one attached hydrogen (secondary N) is 1. The van der Waals surface area contributed by atoms with Crippen LogP contribution in [0.3, 0.4) is 0 Å². The molecular formula is C16H25N3O. The second kappa shape index (κ2) is 6.35. The first-order valence-corrected chi connectivity index (χ1v) is 7.60. The minimum Gasteiger partial charge on any atom is -0.355 e. The van der Waals surface area contributed by atoms with Gasteiger partial charge in [-0.15, -0.1) is 0 Å². The van der Waals surface area contributed by atoms with Crippen LogP contribution < -0.4 is 5.32 Å². The van der Waals surface area contributed by atoms with Crippen LogP contribution in [0.15, 0.2) is 24.4 Å². The van der Waals surface area contributed by atoms with Gasteiger partial charge >= 0.3 is 0 Å². The highest BCUT2D eigenvalue weighted by Crippen LogP contribution is 2.46. The number of aromatic nitrogens is 1. The second-order valence-corrected chi connectivity index (χ2v) is 5.48. The predicted molar refractivity (Wildman–Crippen MR) is 80.5 cm³/mol. The summed E-state index contributed by atoms with van der Waals surface area (Å²) in [7, 11) is 2.12. The molecule has 2 aliphatic rings. The number of hydrogen-bond donors (Lipinski definition) is 1. The van der Waals surface area contributed by atoms with Crippen LogP contribution in [0.25, 0.3) is 0 Å². The molecule has 0 radical (unpaired) electrons. The molecule has 1 N–H and O–H groups in total. The molecule has 0 aromatic carbocycles. The third-order valence-electron chi connectivity index (χ3n) is 4.51. The summed E-state index contributed by atoms with van der Waals surface area (Å²) in [5.41, 5.74) is 0.835. The van der Waals surface area contributed by atoms with E-state index in [4.69, 9.17) is 0 Å². The van der Waals surface area contributed by atoms with Gasteiger partial charge in [-0.2, -0.15) is 0 Å². The predicted octanol–water partition coefficient (Wildman–Crippen LogP) is 2.03. The van der Waals surface area contributed by atoms with Gasteiger partial charge in [0.2, 0.25) is 5.91 Å². The molecule has 2 aliphatic heterocycles. The zero-order valence-electron chi connectivity index (χ0n) is 12.7. The summed E-state index contributed by atoms with van der Waals surface area (Å²) in [4.78, 5) is 19.0. The third-order valence-corrected chi connectivity index (χ3v) is 4.51. The van der Waals surface area contributed by atoms with E-state index in [0.29, 0.717) is 0 Å². The number of hydrogen-bond acceptors (Lipinski definition) is 3. The highest BCUT2D eigenvalue weighted by Gasteiger charge is 2.52. The number of amides is 1. The molecule has 20 heavy (non-hydrogen) atoms.